The lowest BCUT2D eigenvalue weighted by atomic mass is 10.1. The molecular weight excluding hydrogens is 396 g/mol. The number of likely N-dealkylation sites (tertiary alicyclic amines) is 1. The van der Waals surface area contributed by atoms with E-state index in [-0.39, 0.29) is 5.91 Å². The third-order valence-corrected chi connectivity index (χ3v) is 6.12. The topological polar surface area (TPSA) is 57.3 Å². The average Bonchev–Trinajstić information content (AvgIpc) is 3.34. The minimum absolute atomic E-state index is 0.117. The average molecular weight is 429 g/mol. The number of nitrogens with zero attached hydrogens (tertiary/aromatic N) is 2. The summed E-state index contributed by atoms with van der Waals surface area (Å²) in [6.07, 6.45) is 6.46. The molecule has 0 atom stereocenters. The molecule has 0 spiro atoms. The van der Waals surface area contributed by atoms with Crippen molar-refractivity contribution in [2.45, 2.75) is 39.5 Å². The summed E-state index contributed by atoms with van der Waals surface area (Å²) in [4.78, 5) is 19.8. The van der Waals surface area contributed by atoms with Crippen LogP contribution >= 0.6 is 0 Å². The first-order valence-electron chi connectivity index (χ1n) is 11.6. The Kier molecular flexibility index (Phi) is 7.17. The normalized spacial score (nSPS) is 13.8. The highest BCUT2D eigenvalue weighted by atomic mass is 16.1. The molecule has 1 aliphatic heterocycles. The highest BCUT2D eigenvalue weighted by Crippen LogP contribution is 2.22. The molecule has 2 N–H and O–H groups in total. The van der Waals surface area contributed by atoms with Gasteiger partial charge in [0.1, 0.15) is 5.82 Å². The molecule has 5 heteroatoms. The maximum Gasteiger partial charge on any atom is 0.255 e. The Bertz CT molecular complexity index is 1060. The maximum atomic E-state index is 12.9. The number of carbonyl (C=O) groups excluding carboxylic acids is 1. The van der Waals surface area contributed by atoms with Crippen molar-refractivity contribution in [1.82, 2.24) is 9.88 Å². The Morgan fingerprint density at radius 2 is 1.78 bits per heavy atom. The number of aryl methyl sites for hydroxylation is 2. The van der Waals surface area contributed by atoms with Crippen LogP contribution in [0.25, 0.3) is 0 Å². The Hall–Kier alpha value is -3.18. The van der Waals surface area contributed by atoms with Crippen LogP contribution < -0.4 is 10.6 Å². The van der Waals surface area contributed by atoms with Gasteiger partial charge in [0.05, 0.1) is 0 Å². The van der Waals surface area contributed by atoms with Crippen molar-refractivity contribution < 1.29 is 4.79 Å². The molecule has 0 bridgehead atoms. The zero-order valence-corrected chi connectivity index (χ0v) is 19.0. The van der Waals surface area contributed by atoms with Crippen LogP contribution in [0.15, 0.2) is 60.8 Å². The summed E-state index contributed by atoms with van der Waals surface area (Å²) >= 11 is 0. The van der Waals surface area contributed by atoms with Crippen molar-refractivity contribution in [1.29, 1.82) is 0 Å². The Balaban J connectivity index is 1.39. The van der Waals surface area contributed by atoms with Crippen molar-refractivity contribution >= 4 is 23.1 Å². The molecule has 0 radical (unpaired) electrons. The number of carbonyl (C=O) groups is 1. The van der Waals surface area contributed by atoms with E-state index in [4.69, 9.17) is 0 Å². The van der Waals surface area contributed by atoms with Crippen molar-refractivity contribution in [2.24, 2.45) is 0 Å². The molecule has 0 unspecified atom stereocenters. The van der Waals surface area contributed by atoms with Gasteiger partial charge in [-0.15, -0.1) is 0 Å². The van der Waals surface area contributed by atoms with Gasteiger partial charge in [0.15, 0.2) is 0 Å². The molecule has 166 valence electrons. The molecule has 1 aliphatic rings. The summed E-state index contributed by atoms with van der Waals surface area (Å²) < 4.78 is 0. The first-order valence-corrected chi connectivity index (χ1v) is 11.6. The summed E-state index contributed by atoms with van der Waals surface area (Å²) in [7, 11) is 0. The van der Waals surface area contributed by atoms with Gasteiger partial charge in [-0.3, -0.25) is 4.79 Å². The van der Waals surface area contributed by atoms with E-state index in [1.54, 1.807) is 0 Å². The Morgan fingerprint density at radius 1 is 1.00 bits per heavy atom. The van der Waals surface area contributed by atoms with Gasteiger partial charge in [0.2, 0.25) is 0 Å². The van der Waals surface area contributed by atoms with Crippen molar-refractivity contribution in [3.63, 3.8) is 0 Å². The van der Waals surface area contributed by atoms with Gasteiger partial charge in [-0.05, 0) is 98.8 Å². The first-order chi connectivity index (χ1) is 15.6. The van der Waals surface area contributed by atoms with Gasteiger partial charge in [0.25, 0.3) is 5.91 Å². The molecule has 5 nitrogen and oxygen atoms in total. The van der Waals surface area contributed by atoms with Crippen molar-refractivity contribution in [3.05, 3.63) is 83.0 Å². The standard InChI is InChI=1S/C27H32N4O/c1-3-21-12-14-28-26(18-21)30-25-19-23(9-6-20(25)2)27(32)29-24-10-7-22(8-11-24)13-17-31-15-4-5-16-31/h6-12,14,18-19H,3-5,13,15-17H2,1-2H3,(H,28,30)(H,29,32). The first kappa shape index (κ1) is 22.0. The maximum absolute atomic E-state index is 12.9. The lowest BCUT2D eigenvalue weighted by molar-refractivity contribution is 0.102. The van der Waals surface area contributed by atoms with Gasteiger partial charge in [-0.25, -0.2) is 4.98 Å². The van der Waals surface area contributed by atoms with E-state index in [2.05, 4.69) is 39.6 Å². The minimum atomic E-state index is -0.117. The van der Waals surface area contributed by atoms with Crippen LogP contribution in [0.3, 0.4) is 0 Å². The molecule has 1 amide bonds. The number of rotatable bonds is 8. The van der Waals surface area contributed by atoms with Crippen LogP contribution in [0, 0.1) is 6.92 Å². The molecule has 1 aromatic heterocycles. The fraction of sp³-hybridized carbons (Fsp3) is 0.333. The SMILES string of the molecule is CCc1ccnc(Nc2cc(C(=O)Nc3ccc(CCN4CCCC4)cc3)ccc2C)c1. The smallest absolute Gasteiger partial charge is 0.255 e. The van der Waals surface area contributed by atoms with E-state index in [0.29, 0.717) is 5.56 Å². The van der Waals surface area contributed by atoms with E-state index < -0.39 is 0 Å². The van der Waals surface area contributed by atoms with Crippen LogP contribution in [-0.2, 0) is 12.8 Å². The zero-order chi connectivity index (χ0) is 22.3. The van der Waals surface area contributed by atoms with Crippen molar-refractivity contribution in [2.75, 3.05) is 30.3 Å². The predicted molar refractivity (Wildman–Crippen MR) is 132 cm³/mol. The quantitative estimate of drug-likeness (QED) is 0.491. The number of benzene rings is 2. The monoisotopic (exact) mass is 428 g/mol. The molecular formula is C27H32N4O. The number of anilines is 3. The Labute approximate surface area is 190 Å². The number of pyridine rings is 1. The second kappa shape index (κ2) is 10.4. The van der Waals surface area contributed by atoms with Crippen LogP contribution in [0.5, 0.6) is 0 Å². The second-order valence-electron chi connectivity index (χ2n) is 8.51. The van der Waals surface area contributed by atoms with E-state index in [9.17, 15) is 4.79 Å². The lowest BCUT2D eigenvalue weighted by Gasteiger charge is -2.14. The second-order valence-corrected chi connectivity index (χ2v) is 8.51. The largest absolute Gasteiger partial charge is 0.340 e. The summed E-state index contributed by atoms with van der Waals surface area (Å²) in [5.74, 6) is 0.669. The van der Waals surface area contributed by atoms with Crippen LogP contribution in [0.1, 0.15) is 46.8 Å². The fourth-order valence-corrected chi connectivity index (χ4v) is 4.05. The highest BCUT2D eigenvalue weighted by Gasteiger charge is 2.12. The number of nitrogens with one attached hydrogen (secondary N) is 2. The van der Waals surface area contributed by atoms with Gasteiger partial charge in [-0.2, -0.15) is 0 Å². The summed E-state index contributed by atoms with van der Waals surface area (Å²) in [6, 6.07) is 18.0. The van der Waals surface area contributed by atoms with Crippen LogP contribution in [-0.4, -0.2) is 35.4 Å². The third-order valence-electron chi connectivity index (χ3n) is 6.12. The summed E-state index contributed by atoms with van der Waals surface area (Å²) in [5, 5.41) is 6.37. The molecule has 2 aromatic carbocycles. The molecule has 2 heterocycles. The molecule has 3 aromatic rings. The number of aromatic nitrogens is 1. The predicted octanol–water partition coefficient (Wildman–Crippen LogP) is 5.59. The van der Waals surface area contributed by atoms with E-state index in [1.165, 1.54) is 37.1 Å². The molecule has 1 fully saturated rings. The fourth-order valence-electron chi connectivity index (χ4n) is 4.05. The van der Waals surface area contributed by atoms with E-state index in [0.717, 1.165) is 42.1 Å². The Morgan fingerprint density at radius 3 is 2.53 bits per heavy atom. The van der Waals surface area contributed by atoms with Crippen LogP contribution in [0.2, 0.25) is 0 Å². The summed E-state index contributed by atoms with van der Waals surface area (Å²) in [6.45, 7) is 7.70. The molecule has 32 heavy (non-hydrogen) atoms. The summed E-state index contributed by atoms with van der Waals surface area (Å²) in [5.41, 5.74) is 5.90. The number of hydrogen-bond acceptors (Lipinski definition) is 4. The van der Waals surface area contributed by atoms with Gasteiger partial charge >= 0.3 is 0 Å². The number of hydrogen-bond donors (Lipinski definition) is 2. The lowest BCUT2D eigenvalue weighted by Crippen LogP contribution is -2.21. The molecule has 1 saturated heterocycles. The van der Waals surface area contributed by atoms with Gasteiger partial charge in [-0.1, -0.05) is 25.1 Å². The number of amides is 1. The molecule has 4 rings (SSSR count). The highest BCUT2D eigenvalue weighted by molar-refractivity contribution is 6.05. The minimum Gasteiger partial charge on any atom is -0.340 e. The zero-order valence-electron chi connectivity index (χ0n) is 19.0. The van der Waals surface area contributed by atoms with Crippen molar-refractivity contribution in [3.8, 4) is 0 Å². The molecule has 0 aliphatic carbocycles. The van der Waals surface area contributed by atoms with Gasteiger partial charge in [0, 0.05) is 29.7 Å². The third kappa shape index (κ3) is 5.74. The van der Waals surface area contributed by atoms with Crippen LogP contribution in [0.4, 0.5) is 17.2 Å². The molecule has 0 saturated carbocycles. The van der Waals surface area contributed by atoms with E-state index >= 15 is 0 Å². The van der Waals surface area contributed by atoms with Gasteiger partial charge < -0.3 is 15.5 Å². The van der Waals surface area contributed by atoms with E-state index in [1.807, 2.05) is 55.6 Å².